The van der Waals surface area contributed by atoms with Crippen molar-refractivity contribution in [2.24, 2.45) is 0 Å². The summed E-state index contributed by atoms with van der Waals surface area (Å²) in [4.78, 5) is 12.0. The van der Waals surface area contributed by atoms with E-state index in [1.807, 2.05) is 36.0 Å². The molecular weight excluding hydrogens is 386 g/mol. The Bertz CT molecular complexity index is 661. The van der Waals surface area contributed by atoms with Gasteiger partial charge in [-0.1, -0.05) is 45.8 Å². The zero-order valence-electron chi connectivity index (χ0n) is 13.9. The molecule has 5 heteroatoms. The summed E-state index contributed by atoms with van der Waals surface area (Å²) >= 11 is 5.19. The highest BCUT2D eigenvalue weighted by molar-refractivity contribution is 9.10. The van der Waals surface area contributed by atoms with Crippen molar-refractivity contribution in [1.82, 2.24) is 5.32 Å². The van der Waals surface area contributed by atoms with Crippen LogP contribution in [0.25, 0.3) is 0 Å². The third-order valence-corrected chi connectivity index (χ3v) is 4.95. The van der Waals surface area contributed by atoms with Crippen LogP contribution in [0.1, 0.15) is 18.1 Å². The minimum Gasteiger partial charge on any atom is -0.481 e. The van der Waals surface area contributed by atoms with Crippen molar-refractivity contribution in [3.05, 3.63) is 64.1 Å². The summed E-state index contributed by atoms with van der Waals surface area (Å²) in [5, 5.41) is 2.92. The first-order valence-electron chi connectivity index (χ1n) is 7.88. The fraction of sp³-hybridized carbons (Fsp3) is 0.316. The van der Waals surface area contributed by atoms with Crippen molar-refractivity contribution in [2.75, 3.05) is 12.3 Å². The number of ether oxygens (including phenoxy) is 1. The van der Waals surface area contributed by atoms with E-state index < -0.39 is 6.10 Å². The minimum atomic E-state index is -0.507. The van der Waals surface area contributed by atoms with Crippen LogP contribution < -0.4 is 10.1 Å². The van der Waals surface area contributed by atoms with Crippen LogP contribution >= 0.6 is 27.7 Å². The zero-order valence-corrected chi connectivity index (χ0v) is 16.3. The number of benzene rings is 2. The van der Waals surface area contributed by atoms with Gasteiger partial charge in [-0.15, -0.1) is 0 Å². The fourth-order valence-electron chi connectivity index (χ4n) is 2.15. The predicted octanol–water partition coefficient (Wildman–Crippen LogP) is 4.57. The van der Waals surface area contributed by atoms with Crippen LogP contribution in [-0.4, -0.2) is 24.3 Å². The topological polar surface area (TPSA) is 38.3 Å². The molecule has 0 bridgehead atoms. The Labute approximate surface area is 156 Å². The molecule has 2 aromatic rings. The molecule has 0 saturated heterocycles. The molecule has 3 nitrogen and oxygen atoms in total. The maximum Gasteiger partial charge on any atom is 0.260 e. The van der Waals surface area contributed by atoms with Gasteiger partial charge in [-0.2, -0.15) is 11.8 Å². The van der Waals surface area contributed by atoms with E-state index in [0.717, 1.165) is 16.0 Å². The Hall–Kier alpha value is -1.46. The fourth-order valence-corrected chi connectivity index (χ4v) is 3.22. The smallest absolute Gasteiger partial charge is 0.260 e. The molecule has 0 radical (unpaired) electrons. The first kappa shape index (κ1) is 18.9. The van der Waals surface area contributed by atoms with Crippen LogP contribution in [0.5, 0.6) is 5.75 Å². The molecule has 0 saturated carbocycles. The van der Waals surface area contributed by atoms with Crippen molar-refractivity contribution >= 4 is 33.6 Å². The normalized spacial score (nSPS) is 11.8. The van der Waals surface area contributed by atoms with Gasteiger partial charge >= 0.3 is 0 Å². The van der Waals surface area contributed by atoms with Crippen molar-refractivity contribution in [3.8, 4) is 5.75 Å². The van der Waals surface area contributed by atoms with E-state index in [0.29, 0.717) is 12.3 Å². The molecular formula is C19H22BrNO2S. The van der Waals surface area contributed by atoms with Gasteiger partial charge in [0.15, 0.2) is 6.10 Å². The largest absolute Gasteiger partial charge is 0.481 e. The van der Waals surface area contributed by atoms with Crippen molar-refractivity contribution in [2.45, 2.75) is 25.7 Å². The Morgan fingerprint density at radius 3 is 2.71 bits per heavy atom. The number of rotatable bonds is 8. The molecule has 1 amide bonds. The highest BCUT2D eigenvalue weighted by atomic mass is 79.9. The maximum atomic E-state index is 12.0. The van der Waals surface area contributed by atoms with Crippen molar-refractivity contribution < 1.29 is 9.53 Å². The summed E-state index contributed by atoms with van der Waals surface area (Å²) in [5.41, 5.74) is 2.60. The summed E-state index contributed by atoms with van der Waals surface area (Å²) in [6.45, 7) is 4.50. The standard InChI is InChI=1S/C19H22BrNO2S/c1-14-4-3-5-16(12-14)13-24-11-10-21-19(22)15(2)23-18-8-6-17(20)7-9-18/h3-9,12,15H,10-11,13H2,1-2H3,(H,21,22)/t15-/m1/s1. The average molecular weight is 408 g/mol. The van der Waals surface area contributed by atoms with Crippen LogP contribution in [0.2, 0.25) is 0 Å². The number of nitrogens with one attached hydrogen (secondary N) is 1. The van der Waals surface area contributed by atoms with E-state index in [-0.39, 0.29) is 5.91 Å². The van der Waals surface area contributed by atoms with Crippen molar-refractivity contribution in [3.63, 3.8) is 0 Å². The van der Waals surface area contributed by atoms with Gasteiger partial charge < -0.3 is 10.1 Å². The molecule has 0 aliphatic heterocycles. The highest BCUT2D eigenvalue weighted by Gasteiger charge is 2.13. The van der Waals surface area contributed by atoms with Gasteiger partial charge in [0, 0.05) is 22.5 Å². The number of amides is 1. The number of hydrogen-bond donors (Lipinski definition) is 1. The molecule has 1 N–H and O–H groups in total. The molecule has 2 aromatic carbocycles. The van der Waals surface area contributed by atoms with Gasteiger partial charge in [0.2, 0.25) is 0 Å². The van der Waals surface area contributed by atoms with Gasteiger partial charge in [-0.05, 0) is 43.7 Å². The van der Waals surface area contributed by atoms with E-state index in [2.05, 4.69) is 52.4 Å². The molecule has 0 fully saturated rings. The molecule has 1 atom stereocenters. The lowest BCUT2D eigenvalue weighted by Gasteiger charge is -2.14. The highest BCUT2D eigenvalue weighted by Crippen LogP contribution is 2.17. The molecule has 128 valence electrons. The summed E-state index contributed by atoms with van der Waals surface area (Å²) in [6.07, 6.45) is -0.507. The maximum absolute atomic E-state index is 12.0. The second-order valence-corrected chi connectivity index (χ2v) is 7.57. The summed E-state index contributed by atoms with van der Waals surface area (Å²) in [7, 11) is 0. The summed E-state index contributed by atoms with van der Waals surface area (Å²) in [6, 6.07) is 16.0. The molecule has 0 aromatic heterocycles. The Morgan fingerprint density at radius 1 is 1.25 bits per heavy atom. The molecule has 2 rings (SSSR count). The Balaban J connectivity index is 1.64. The van der Waals surface area contributed by atoms with Gasteiger partial charge in [-0.3, -0.25) is 4.79 Å². The number of carbonyl (C=O) groups excluding carboxylic acids is 1. The number of hydrogen-bond acceptors (Lipinski definition) is 3. The molecule has 0 spiro atoms. The lowest BCUT2D eigenvalue weighted by Crippen LogP contribution is -2.37. The average Bonchev–Trinajstić information content (AvgIpc) is 2.56. The number of thioether (sulfide) groups is 1. The van der Waals surface area contributed by atoms with E-state index in [4.69, 9.17) is 4.74 Å². The number of carbonyl (C=O) groups is 1. The third kappa shape index (κ3) is 6.57. The Morgan fingerprint density at radius 2 is 2.00 bits per heavy atom. The summed E-state index contributed by atoms with van der Waals surface area (Å²) < 4.78 is 6.61. The molecule has 0 aliphatic rings. The van der Waals surface area contributed by atoms with Crippen molar-refractivity contribution in [1.29, 1.82) is 0 Å². The van der Waals surface area contributed by atoms with E-state index in [9.17, 15) is 4.79 Å². The second kappa shape index (κ2) is 9.74. The summed E-state index contributed by atoms with van der Waals surface area (Å²) in [5.74, 6) is 2.44. The van der Waals surface area contributed by atoms with Gasteiger partial charge in [-0.25, -0.2) is 0 Å². The molecule has 0 heterocycles. The van der Waals surface area contributed by atoms with Gasteiger partial charge in [0.25, 0.3) is 5.91 Å². The third-order valence-electron chi connectivity index (χ3n) is 3.39. The van der Waals surface area contributed by atoms with Crippen LogP contribution in [-0.2, 0) is 10.5 Å². The van der Waals surface area contributed by atoms with Crippen LogP contribution in [0.15, 0.2) is 53.0 Å². The Kier molecular flexibility index (Phi) is 7.66. The van der Waals surface area contributed by atoms with Gasteiger partial charge in [0.1, 0.15) is 5.75 Å². The first-order valence-corrected chi connectivity index (χ1v) is 9.82. The lowest BCUT2D eigenvalue weighted by molar-refractivity contribution is -0.127. The first-order chi connectivity index (χ1) is 11.5. The minimum absolute atomic E-state index is 0.0888. The SMILES string of the molecule is Cc1cccc(CSCCNC(=O)[C@@H](C)Oc2ccc(Br)cc2)c1. The number of halogens is 1. The van der Waals surface area contributed by atoms with E-state index in [1.165, 1.54) is 11.1 Å². The van der Waals surface area contributed by atoms with Crippen LogP contribution in [0.4, 0.5) is 0 Å². The van der Waals surface area contributed by atoms with E-state index in [1.54, 1.807) is 6.92 Å². The molecule has 0 aliphatic carbocycles. The van der Waals surface area contributed by atoms with Gasteiger partial charge in [0.05, 0.1) is 0 Å². The quantitative estimate of drug-likeness (QED) is 0.650. The zero-order chi connectivity index (χ0) is 17.4. The number of aryl methyl sites for hydroxylation is 1. The predicted molar refractivity (Wildman–Crippen MR) is 105 cm³/mol. The van der Waals surface area contributed by atoms with Crippen LogP contribution in [0, 0.1) is 6.92 Å². The molecule has 24 heavy (non-hydrogen) atoms. The molecule has 0 unspecified atom stereocenters. The monoisotopic (exact) mass is 407 g/mol. The van der Waals surface area contributed by atoms with E-state index >= 15 is 0 Å². The second-order valence-electron chi connectivity index (χ2n) is 5.55. The lowest BCUT2D eigenvalue weighted by atomic mass is 10.2. The van der Waals surface area contributed by atoms with Crippen LogP contribution in [0.3, 0.4) is 0 Å².